The number of ether oxygens (including phenoxy) is 1. The van der Waals surface area contributed by atoms with Gasteiger partial charge >= 0.3 is 0 Å². The van der Waals surface area contributed by atoms with Crippen molar-refractivity contribution in [1.82, 2.24) is 14.5 Å². The van der Waals surface area contributed by atoms with E-state index >= 15 is 0 Å². The van der Waals surface area contributed by atoms with Gasteiger partial charge < -0.3 is 9.30 Å². The minimum Gasteiger partial charge on any atom is -0.481 e. The van der Waals surface area contributed by atoms with Gasteiger partial charge in [-0.3, -0.25) is 0 Å². The van der Waals surface area contributed by atoms with E-state index in [0.717, 1.165) is 23.4 Å². The molecule has 0 N–H and O–H groups in total. The monoisotopic (exact) mass is 309 g/mol. The maximum absolute atomic E-state index is 6.32. The first kappa shape index (κ1) is 16.1. The van der Waals surface area contributed by atoms with Crippen LogP contribution in [0.4, 0.5) is 0 Å². The quantitative estimate of drug-likeness (QED) is 0.724. The van der Waals surface area contributed by atoms with Gasteiger partial charge in [0.05, 0.1) is 12.5 Å². The average Bonchev–Trinajstić information content (AvgIpc) is 2.83. The summed E-state index contributed by atoms with van der Waals surface area (Å²) in [5, 5.41) is -0.147. The molecule has 4 nitrogen and oxygen atoms in total. The van der Waals surface area contributed by atoms with E-state index < -0.39 is 0 Å². The van der Waals surface area contributed by atoms with Crippen molar-refractivity contribution in [2.45, 2.75) is 52.0 Å². The lowest BCUT2D eigenvalue weighted by atomic mass is 10.0. The lowest BCUT2D eigenvalue weighted by Gasteiger charge is -2.19. The molecule has 0 radical (unpaired) electrons. The number of rotatable bonds is 6. The summed E-state index contributed by atoms with van der Waals surface area (Å²) in [7, 11) is 1.63. The second kappa shape index (κ2) is 6.65. The lowest BCUT2D eigenvalue weighted by molar-refractivity contribution is 0.396. The maximum Gasteiger partial charge on any atom is 0.215 e. The van der Waals surface area contributed by atoms with Crippen molar-refractivity contribution < 1.29 is 4.74 Å². The summed E-state index contributed by atoms with van der Waals surface area (Å²) in [6, 6.07) is 4.09. The Kier molecular flexibility index (Phi) is 5.09. The van der Waals surface area contributed by atoms with E-state index in [9.17, 15) is 0 Å². The van der Waals surface area contributed by atoms with Crippen LogP contribution in [-0.2, 0) is 0 Å². The van der Waals surface area contributed by atoms with E-state index in [-0.39, 0.29) is 5.38 Å². The van der Waals surface area contributed by atoms with Crippen molar-refractivity contribution in [3.8, 4) is 5.88 Å². The molecule has 0 spiro atoms. The molecule has 0 aliphatic carbocycles. The highest BCUT2D eigenvalue weighted by atomic mass is 35.5. The molecule has 2 rings (SSSR count). The highest BCUT2D eigenvalue weighted by molar-refractivity contribution is 6.20. The molecule has 2 heterocycles. The number of imidazole rings is 1. The number of fused-ring (bicyclic) bond motifs is 1. The summed E-state index contributed by atoms with van der Waals surface area (Å²) in [6.45, 7) is 8.63. The summed E-state index contributed by atoms with van der Waals surface area (Å²) in [5.74, 6) is 2.17. The van der Waals surface area contributed by atoms with Crippen LogP contribution in [0, 0.1) is 5.92 Å². The van der Waals surface area contributed by atoms with Crippen LogP contribution in [0.25, 0.3) is 11.2 Å². The summed E-state index contributed by atoms with van der Waals surface area (Å²) in [6.07, 6.45) is 2.25. The number of hydrogen-bond acceptors (Lipinski definition) is 3. The number of nitrogens with zero attached hydrogens (tertiary/aromatic N) is 3. The average molecular weight is 310 g/mol. The van der Waals surface area contributed by atoms with Crippen LogP contribution >= 0.6 is 11.6 Å². The third-order valence-corrected chi connectivity index (χ3v) is 3.90. The van der Waals surface area contributed by atoms with E-state index in [1.165, 1.54) is 6.42 Å². The van der Waals surface area contributed by atoms with Crippen molar-refractivity contribution in [3.05, 3.63) is 18.0 Å². The molecule has 0 aromatic carbocycles. The van der Waals surface area contributed by atoms with Crippen molar-refractivity contribution in [2.75, 3.05) is 7.11 Å². The van der Waals surface area contributed by atoms with Crippen LogP contribution in [0.15, 0.2) is 12.1 Å². The Labute approximate surface area is 131 Å². The fourth-order valence-corrected chi connectivity index (χ4v) is 2.66. The topological polar surface area (TPSA) is 39.9 Å². The van der Waals surface area contributed by atoms with Crippen LogP contribution in [0.5, 0.6) is 5.88 Å². The predicted molar refractivity (Wildman–Crippen MR) is 87.1 cm³/mol. The summed E-state index contributed by atoms with van der Waals surface area (Å²) in [4.78, 5) is 9.21. The summed E-state index contributed by atoms with van der Waals surface area (Å²) < 4.78 is 7.40. The fraction of sp³-hybridized carbons (Fsp3) is 0.625. The van der Waals surface area contributed by atoms with Gasteiger partial charge in [0.1, 0.15) is 11.3 Å². The minimum atomic E-state index is -0.147. The predicted octanol–water partition coefficient (Wildman–Crippen LogP) is 4.74. The first-order valence-electron chi connectivity index (χ1n) is 7.51. The van der Waals surface area contributed by atoms with E-state index in [1.807, 2.05) is 19.1 Å². The molecule has 0 aliphatic heterocycles. The van der Waals surface area contributed by atoms with Crippen LogP contribution < -0.4 is 4.74 Å². The molecule has 5 heteroatoms. The van der Waals surface area contributed by atoms with Gasteiger partial charge in [-0.1, -0.05) is 13.8 Å². The third kappa shape index (κ3) is 3.49. The third-order valence-electron chi connectivity index (χ3n) is 3.71. The smallest absolute Gasteiger partial charge is 0.215 e. The van der Waals surface area contributed by atoms with Gasteiger partial charge in [-0.2, -0.15) is 4.98 Å². The fourth-order valence-electron chi connectivity index (χ4n) is 2.51. The van der Waals surface area contributed by atoms with Crippen molar-refractivity contribution >= 4 is 22.8 Å². The number of hydrogen-bond donors (Lipinski definition) is 0. The van der Waals surface area contributed by atoms with Crippen molar-refractivity contribution in [1.29, 1.82) is 0 Å². The molecule has 0 aliphatic rings. The highest BCUT2D eigenvalue weighted by Gasteiger charge is 2.20. The van der Waals surface area contributed by atoms with Crippen LogP contribution in [0.3, 0.4) is 0 Å². The number of methoxy groups -OCH3 is 1. The number of pyridine rings is 1. The molecule has 21 heavy (non-hydrogen) atoms. The Morgan fingerprint density at radius 2 is 1.86 bits per heavy atom. The molecule has 0 amide bonds. The molecular weight excluding hydrogens is 286 g/mol. The molecule has 0 bridgehead atoms. The summed E-state index contributed by atoms with van der Waals surface area (Å²) in [5.41, 5.74) is 1.72. The van der Waals surface area contributed by atoms with Crippen molar-refractivity contribution in [3.63, 3.8) is 0 Å². The number of alkyl halides is 1. The van der Waals surface area contributed by atoms with Crippen LogP contribution in [-0.4, -0.2) is 21.6 Å². The molecule has 2 aromatic rings. The zero-order valence-electron chi connectivity index (χ0n) is 13.4. The summed E-state index contributed by atoms with van der Waals surface area (Å²) >= 11 is 6.32. The minimum absolute atomic E-state index is 0.147. The molecule has 2 atom stereocenters. The largest absolute Gasteiger partial charge is 0.481 e. The van der Waals surface area contributed by atoms with Crippen LogP contribution in [0.2, 0.25) is 0 Å². The van der Waals surface area contributed by atoms with Gasteiger partial charge in [0, 0.05) is 12.1 Å². The Morgan fingerprint density at radius 3 is 2.43 bits per heavy atom. The van der Waals surface area contributed by atoms with E-state index in [2.05, 4.69) is 35.3 Å². The Bertz CT molecular complexity index is 607. The number of aromatic nitrogens is 3. The number of halogens is 1. The van der Waals surface area contributed by atoms with E-state index in [4.69, 9.17) is 16.3 Å². The molecule has 0 saturated carbocycles. The second-order valence-electron chi connectivity index (χ2n) is 5.97. The van der Waals surface area contributed by atoms with Gasteiger partial charge in [-0.15, -0.1) is 11.6 Å². The maximum atomic E-state index is 6.32. The Hall–Kier alpha value is -1.29. The normalized spacial score (nSPS) is 14.6. The van der Waals surface area contributed by atoms with Crippen LogP contribution in [0.1, 0.15) is 57.8 Å². The molecule has 0 saturated heterocycles. The van der Waals surface area contributed by atoms with Gasteiger partial charge in [-0.05, 0) is 38.7 Å². The lowest BCUT2D eigenvalue weighted by Crippen LogP contribution is -2.11. The first-order valence-corrected chi connectivity index (χ1v) is 7.94. The molecule has 116 valence electrons. The molecular formula is C16H24ClN3O. The van der Waals surface area contributed by atoms with Gasteiger partial charge in [-0.25, -0.2) is 4.98 Å². The highest BCUT2D eigenvalue weighted by Crippen LogP contribution is 2.30. The van der Waals surface area contributed by atoms with Gasteiger partial charge in [0.2, 0.25) is 5.88 Å². The molecule has 0 fully saturated rings. The van der Waals surface area contributed by atoms with E-state index in [0.29, 0.717) is 17.8 Å². The second-order valence-corrected chi connectivity index (χ2v) is 6.63. The molecule has 2 aromatic heterocycles. The Balaban J connectivity index is 2.48. The van der Waals surface area contributed by atoms with E-state index in [1.54, 1.807) is 7.11 Å². The SMILES string of the molecule is COc1ccc2nc(C(C)Cl)n(C(C)CCC(C)C)c2n1. The van der Waals surface area contributed by atoms with Gasteiger partial charge in [0.15, 0.2) is 5.65 Å². The Morgan fingerprint density at radius 1 is 1.14 bits per heavy atom. The zero-order valence-corrected chi connectivity index (χ0v) is 14.2. The molecule has 2 unspecified atom stereocenters. The van der Waals surface area contributed by atoms with Gasteiger partial charge in [0.25, 0.3) is 0 Å². The standard InChI is InChI=1S/C16H24ClN3O/c1-10(2)6-7-11(3)20-15(12(4)17)18-13-8-9-14(21-5)19-16(13)20/h8-12H,6-7H2,1-5H3. The first-order chi connectivity index (χ1) is 9.93. The van der Waals surface area contributed by atoms with Crippen molar-refractivity contribution in [2.24, 2.45) is 5.92 Å². The zero-order chi connectivity index (χ0) is 15.6.